The predicted octanol–water partition coefficient (Wildman–Crippen LogP) is 2.91. The summed E-state index contributed by atoms with van der Waals surface area (Å²) in [5, 5.41) is 3.29. The van der Waals surface area contributed by atoms with Crippen LogP contribution >= 0.6 is 11.6 Å². The molecule has 0 fully saturated rings. The van der Waals surface area contributed by atoms with Crippen molar-refractivity contribution >= 4 is 23.7 Å². The summed E-state index contributed by atoms with van der Waals surface area (Å²) >= 11 is 5.94. The van der Waals surface area contributed by atoms with Gasteiger partial charge in [-0.25, -0.2) is 9.97 Å². The van der Waals surface area contributed by atoms with Gasteiger partial charge in [0.15, 0.2) is 6.29 Å². The van der Waals surface area contributed by atoms with Crippen molar-refractivity contribution in [1.82, 2.24) is 9.97 Å². The lowest BCUT2D eigenvalue weighted by Crippen LogP contribution is -2.11. The Bertz CT molecular complexity index is 647. The van der Waals surface area contributed by atoms with Gasteiger partial charge in [0.25, 0.3) is 0 Å². The number of halogens is 1. The third-order valence-corrected chi connectivity index (χ3v) is 3.30. The number of aryl methyl sites for hydroxylation is 1. The normalized spacial score (nSPS) is 10.2. The molecule has 1 heterocycles. The van der Waals surface area contributed by atoms with Gasteiger partial charge in [-0.15, -0.1) is 0 Å². The second kappa shape index (κ2) is 7.04. The monoisotopic (exact) mass is 305 g/mol. The highest BCUT2D eigenvalue weighted by Crippen LogP contribution is 2.20. The number of anilines is 1. The summed E-state index contributed by atoms with van der Waals surface area (Å²) in [7, 11) is 1.64. The minimum absolute atomic E-state index is 0.164. The molecule has 0 saturated heterocycles. The fraction of sp³-hybridized carbons (Fsp3) is 0.267. The van der Waals surface area contributed by atoms with Crippen LogP contribution in [0.2, 0.25) is 5.15 Å². The van der Waals surface area contributed by atoms with E-state index >= 15 is 0 Å². The van der Waals surface area contributed by atoms with Crippen molar-refractivity contribution in [2.24, 2.45) is 0 Å². The first-order valence-corrected chi connectivity index (χ1v) is 6.88. The molecule has 0 amide bonds. The number of carbonyl (C=O) groups is 1. The van der Waals surface area contributed by atoms with Crippen LogP contribution in [0.1, 0.15) is 21.7 Å². The Labute approximate surface area is 128 Å². The third-order valence-electron chi connectivity index (χ3n) is 3.01. The van der Waals surface area contributed by atoms with E-state index in [0.717, 1.165) is 17.7 Å². The summed E-state index contributed by atoms with van der Waals surface area (Å²) in [6, 6.07) is 7.80. The van der Waals surface area contributed by atoms with Gasteiger partial charge in [-0.2, -0.15) is 0 Å². The number of hydrogen-bond acceptors (Lipinski definition) is 5. The average Bonchev–Trinajstić information content (AvgIpc) is 2.47. The molecule has 5 nitrogen and oxygen atoms in total. The van der Waals surface area contributed by atoms with Crippen LogP contribution in [-0.4, -0.2) is 29.9 Å². The van der Waals surface area contributed by atoms with E-state index in [1.807, 2.05) is 24.3 Å². The second-order valence-corrected chi connectivity index (χ2v) is 4.79. The molecule has 0 atom stereocenters. The van der Waals surface area contributed by atoms with E-state index < -0.39 is 0 Å². The second-order valence-electron chi connectivity index (χ2n) is 4.43. The van der Waals surface area contributed by atoms with Crippen molar-refractivity contribution in [1.29, 1.82) is 0 Å². The minimum Gasteiger partial charge on any atom is -0.496 e. The molecule has 110 valence electrons. The molecule has 1 N–H and O–H groups in total. The summed E-state index contributed by atoms with van der Waals surface area (Å²) in [5.74, 6) is 1.81. The van der Waals surface area contributed by atoms with Gasteiger partial charge in [-0.3, -0.25) is 4.79 Å². The van der Waals surface area contributed by atoms with Crippen molar-refractivity contribution in [2.75, 3.05) is 19.0 Å². The zero-order valence-corrected chi connectivity index (χ0v) is 12.6. The first-order chi connectivity index (χ1) is 10.2. The van der Waals surface area contributed by atoms with E-state index in [2.05, 4.69) is 15.3 Å². The molecular formula is C15H16ClN3O2. The number of nitrogens with zero attached hydrogens (tertiary/aromatic N) is 2. The number of hydrogen-bond donors (Lipinski definition) is 1. The number of aldehydes is 1. The van der Waals surface area contributed by atoms with Crippen LogP contribution in [0.4, 0.5) is 5.82 Å². The van der Waals surface area contributed by atoms with Gasteiger partial charge >= 0.3 is 0 Å². The summed E-state index contributed by atoms with van der Waals surface area (Å²) in [6.45, 7) is 2.33. The fourth-order valence-corrected chi connectivity index (χ4v) is 2.27. The van der Waals surface area contributed by atoms with Crippen LogP contribution in [0.25, 0.3) is 0 Å². The molecule has 21 heavy (non-hydrogen) atoms. The third kappa shape index (κ3) is 3.70. The van der Waals surface area contributed by atoms with Gasteiger partial charge in [0.1, 0.15) is 22.5 Å². The van der Waals surface area contributed by atoms with Gasteiger partial charge in [-0.1, -0.05) is 29.8 Å². The van der Waals surface area contributed by atoms with Crippen molar-refractivity contribution in [3.63, 3.8) is 0 Å². The number of para-hydroxylation sites is 1. The maximum atomic E-state index is 11.1. The molecule has 6 heteroatoms. The van der Waals surface area contributed by atoms with Crippen LogP contribution in [-0.2, 0) is 6.42 Å². The number of rotatable bonds is 6. The van der Waals surface area contributed by atoms with Crippen LogP contribution < -0.4 is 10.1 Å². The fourth-order valence-electron chi connectivity index (χ4n) is 2.01. The van der Waals surface area contributed by atoms with E-state index in [1.54, 1.807) is 14.0 Å². The number of nitrogens with one attached hydrogen (secondary N) is 1. The lowest BCUT2D eigenvalue weighted by atomic mass is 10.1. The molecule has 0 saturated carbocycles. The van der Waals surface area contributed by atoms with E-state index in [1.165, 1.54) is 0 Å². The Morgan fingerprint density at radius 1 is 1.33 bits per heavy atom. The van der Waals surface area contributed by atoms with E-state index in [4.69, 9.17) is 16.3 Å². The van der Waals surface area contributed by atoms with Crippen molar-refractivity contribution in [3.05, 3.63) is 46.4 Å². The standard InChI is InChI=1S/C15H16ClN3O2/c1-10-18-14(16)12(9-20)15(19-10)17-8-7-11-5-3-4-6-13(11)21-2/h3-6,9H,7-8H2,1-2H3,(H,17,18,19). The summed E-state index contributed by atoms with van der Waals surface area (Å²) < 4.78 is 5.30. The molecule has 1 aromatic carbocycles. The molecular weight excluding hydrogens is 290 g/mol. The Morgan fingerprint density at radius 3 is 2.81 bits per heavy atom. The van der Waals surface area contributed by atoms with E-state index in [0.29, 0.717) is 24.5 Å². The SMILES string of the molecule is COc1ccccc1CCNc1nc(C)nc(Cl)c1C=O. The van der Waals surface area contributed by atoms with Crippen molar-refractivity contribution in [2.45, 2.75) is 13.3 Å². The number of ether oxygens (including phenoxy) is 1. The Kier molecular flexibility index (Phi) is 5.11. The highest BCUT2D eigenvalue weighted by Gasteiger charge is 2.11. The topological polar surface area (TPSA) is 64.1 Å². The highest BCUT2D eigenvalue weighted by atomic mass is 35.5. The number of carbonyl (C=O) groups excluding carboxylic acids is 1. The molecule has 0 aliphatic carbocycles. The van der Waals surface area contributed by atoms with Gasteiger partial charge in [0, 0.05) is 6.54 Å². The Morgan fingerprint density at radius 2 is 2.10 bits per heavy atom. The number of methoxy groups -OCH3 is 1. The van der Waals surface area contributed by atoms with Gasteiger partial charge in [0.2, 0.25) is 0 Å². The molecule has 1 aromatic heterocycles. The Balaban J connectivity index is 2.08. The van der Waals surface area contributed by atoms with Crippen molar-refractivity contribution in [3.8, 4) is 5.75 Å². The minimum atomic E-state index is 0.164. The smallest absolute Gasteiger partial charge is 0.156 e. The molecule has 0 spiro atoms. The zero-order chi connectivity index (χ0) is 15.2. The molecule has 0 aliphatic heterocycles. The molecule has 2 aromatic rings. The number of aromatic nitrogens is 2. The summed E-state index contributed by atoms with van der Waals surface area (Å²) in [4.78, 5) is 19.2. The lowest BCUT2D eigenvalue weighted by molar-refractivity contribution is 0.112. The molecule has 0 aliphatic rings. The maximum Gasteiger partial charge on any atom is 0.156 e. The first kappa shape index (κ1) is 15.3. The van der Waals surface area contributed by atoms with E-state index in [9.17, 15) is 4.79 Å². The highest BCUT2D eigenvalue weighted by molar-refractivity contribution is 6.32. The summed E-state index contributed by atoms with van der Waals surface area (Å²) in [5.41, 5.74) is 1.36. The largest absolute Gasteiger partial charge is 0.496 e. The molecule has 0 bridgehead atoms. The van der Waals surface area contributed by atoms with Gasteiger partial charge in [-0.05, 0) is 25.0 Å². The first-order valence-electron chi connectivity index (χ1n) is 6.50. The predicted molar refractivity (Wildman–Crippen MR) is 82.4 cm³/mol. The average molecular weight is 306 g/mol. The molecule has 0 radical (unpaired) electrons. The van der Waals surface area contributed by atoms with Crippen LogP contribution in [0.5, 0.6) is 5.75 Å². The zero-order valence-electron chi connectivity index (χ0n) is 11.9. The molecule has 0 unspecified atom stereocenters. The van der Waals surface area contributed by atoms with Crippen molar-refractivity contribution < 1.29 is 9.53 Å². The number of benzene rings is 1. The van der Waals surface area contributed by atoms with Gasteiger partial charge < -0.3 is 10.1 Å². The lowest BCUT2D eigenvalue weighted by Gasteiger charge is -2.11. The quantitative estimate of drug-likeness (QED) is 0.656. The van der Waals surface area contributed by atoms with E-state index in [-0.39, 0.29) is 10.7 Å². The Hall–Kier alpha value is -2.14. The van der Waals surface area contributed by atoms with Gasteiger partial charge in [0.05, 0.1) is 12.7 Å². The van der Waals surface area contributed by atoms with Crippen LogP contribution in [0.15, 0.2) is 24.3 Å². The van der Waals surface area contributed by atoms with Crippen LogP contribution in [0, 0.1) is 6.92 Å². The molecule has 2 rings (SSSR count). The summed E-state index contributed by atoms with van der Waals surface area (Å²) in [6.07, 6.45) is 1.40. The van der Waals surface area contributed by atoms with Crippen LogP contribution in [0.3, 0.4) is 0 Å². The maximum absolute atomic E-state index is 11.1.